The van der Waals surface area contributed by atoms with E-state index in [1.165, 1.54) is 19.3 Å². The van der Waals surface area contributed by atoms with E-state index in [0.717, 1.165) is 24.2 Å². The van der Waals surface area contributed by atoms with Crippen molar-refractivity contribution in [2.24, 2.45) is 23.5 Å². The van der Waals surface area contributed by atoms with Gasteiger partial charge in [0.05, 0.1) is 0 Å². The molecular weight excluding hydrogens is 158 g/mol. The van der Waals surface area contributed by atoms with E-state index in [4.69, 9.17) is 5.73 Å². The molecule has 1 aliphatic rings. The molecule has 1 saturated carbocycles. The van der Waals surface area contributed by atoms with Crippen LogP contribution in [0.15, 0.2) is 0 Å². The van der Waals surface area contributed by atoms with E-state index >= 15 is 0 Å². The van der Waals surface area contributed by atoms with Gasteiger partial charge in [0, 0.05) is 5.54 Å². The Kier molecular flexibility index (Phi) is 3.39. The summed E-state index contributed by atoms with van der Waals surface area (Å²) in [7, 11) is 0. The van der Waals surface area contributed by atoms with Gasteiger partial charge in [0.25, 0.3) is 0 Å². The first-order chi connectivity index (χ1) is 5.99. The molecule has 1 fully saturated rings. The quantitative estimate of drug-likeness (QED) is 0.699. The molecule has 78 valence electrons. The number of nitrogens with two attached hydrogens (primary N) is 1. The third-order valence-corrected chi connectivity index (χ3v) is 3.90. The topological polar surface area (TPSA) is 26.0 Å². The van der Waals surface area contributed by atoms with Gasteiger partial charge in [-0.3, -0.25) is 0 Å². The van der Waals surface area contributed by atoms with Gasteiger partial charge in [0.1, 0.15) is 0 Å². The molecule has 0 bridgehead atoms. The first-order valence-electron chi connectivity index (χ1n) is 5.78. The molecule has 0 amide bonds. The van der Waals surface area contributed by atoms with Crippen molar-refractivity contribution in [2.45, 2.75) is 58.9 Å². The minimum Gasteiger partial charge on any atom is -0.325 e. The lowest BCUT2D eigenvalue weighted by Crippen LogP contribution is -2.52. The van der Waals surface area contributed by atoms with Crippen LogP contribution in [0, 0.1) is 17.8 Å². The first kappa shape index (κ1) is 11.0. The van der Waals surface area contributed by atoms with E-state index in [1.54, 1.807) is 0 Å². The normalized spacial score (nSPS) is 41.1. The zero-order valence-corrected chi connectivity index (χ0v) is 9.64. The van der Waals surface area contributed by atoms with Gasteiger partial charge in [-0.15, -0.1) is 0 Å². The third-order valence-electron chi connectivity index (χ3n) is 3.90. The van der Waals surface area contributed by atoms with Gasteiger partial charge in [-0.2, -0.15) is 0 Å². The fourth-order valence-corrected chi connectivity index (χ4v) is 3.06. The SMILES string of the molecule is CCC1(N)CC(C)CCC1C(C)C. The molecule has 0 aromatic rings. The van der Waals surface area contributed by atoms with Crippen molar-refractivity contribution in [1.29, 1.82) is 0 Å². The van der Waals surface area contributed by atoms with Gasteiger partial charge in [0.15, 0.2) is 0 Å². The number of hydrogen-bond acceptors (Lipinski definition) is 1. The van der Waals surface area contributed by atoms with Crippen LogP contribution in [0.4, 0.5) is 0 Å². The molecule has 3 atom stereocenters. The summed E-state index contributed by atoms with van der Waals surface area (Å²) in [5.41, 5.74) is 6.62. The second kappa shape index (κ2) is 4.00. The minimum absolute atomic E-state index is 0.131. The molecule has 0 aliphatic heterocycles. The summed E-state index contributed by atoms with van der Waals surface area (Å²) >= 11 is 0. The van der Waals surface area contributed by atoms with Gasteiger partial charge >= 0.3 is 0 Å². The summed E-state index contributed by atoms with van der Waals surface area (Å²) in [4.78, 5) is 0. The molecule has 13 heavy (non-hydrogen) atoms. The van der Waals surface area contributed by atoms with Crippen molar-refractivity contribution in [2.75, 3.05) is 0 Å². The van der Waals surface area contributed by atoms with Gasteiger partial charge in [-0.05, 0) is 37.0 Å². The van der Waals surface area contributed by atoms with Crippen LogP contribution in [0.1, 0.15) is 53.4 Å². The van der Waals surface area contributed by atoms with E-state index in [-0.39, 0.29) is 5.54 Å². The van der Waals surface area contributed by atoms with Crippen LogP contribution in [0.5, 0.6) is 0 Å². The lowest BCUT2D eigenvalue weighted by molar-refractivity contribution is 0.106. The Morgan fingerprint density at radius 1 is 1.38 bits per heavy atom. The van der Waals surface area contributed by atoms with Crippen molar-refractivity contribution >= 4 is 0 Å². The molecule has 0 aromatic carbocycles. The average Bonchev–Trinajstić information content (AvgIpc) is 2.03. The molecule has 0 radical (unpaired) electrons. The molecule has 2 N–H and O–H groups in total. The van der Waals surface area contributed by atoms with Crippen LogP contribution in [0.25, 0.3) is 0 Å². The Labute approximate surface area is 83.1 Å². The Morgan fingerprint density at radius 2 is 2.00 bits per heavy atom. The fraction of sp³-hybridized carbons (Fsp3) is 1.00. The van der Waals surface area contributed by atoms with E-state index in [9.17, 15) is 0 Å². The van der Waals surface area contributed by atoms with Crippen molar-refractivity contribution in [3.05, 3.63) is 0 Å². The Morgan fingerprint density at radius 3 is 2.46 bits per heavy atom. The predicted molar refractivity (Wildman–Crippen MR) is 58.6 cm³/mol. The van der Waals surface area contributed by atoms with Crippen LogP contribution in [-0.4, -0.2) is 5.54 Å². The highest BCUT2D eigenvalue weighted by atomic mass is 14.8. The van der Waals surface area contributed by atoms with Gasteiger partial charge < -0.3 is 5.73 Å². The maximum Gasteiger partial charge on any atom is 0.0185 e. The Bertz CT molecular complexity index is 165. The highest BCUT2D eigenvalue weighted by molar-refractivity contribution is 4.96. The van der Waals surface area contributed by atoms with Crippen LogP contribution < -0.4 is 5.73 Å². The monoisotopic (exact) mass is 183 g/mol. The van der Waals surface area contributed by atoms with E-state index in [0.29, 0.717) is 0 Å². The molecule has 1 nitrogen and oxygen atoms in total. The molecule has 0 saturated heterocycles. The van der Waals surface area contributed by atoms with Crippen LogP contribution in [-0.2, 0) is 0 Å². The van der Waals surface area contributed by atoms with Crippen molar-refractivity contribution in [1.82, 2.24) is 0 Å². The molecule has 1 rings (SSSR count). The van der Waals surface area contributed by atoms with Crippen LogP contribution in [0.3, 0.4) is 0 Å². The molecule has 0 spiro atoms. The maximum absolute atomic E-state index is 6.49. The zero-order chi connectivity index (χ0) is 10.1. The highest BCUT2D eigenvalue weighted by Crippen LogP contribution is 2.40. The number of hydrogen-bond donors (Lipinski definition) is 1. The predicted octanol–water partition coefficient (Wildman–Crippen LogP) is 3.19. The fourth-order valence-electron chi connectivity index (χ4n) is 3.06. The largest absolute Gasteiger partial charge is 0.325 e. The summed E-state index contributed by atoms with van der Waals surface area (Å²) in [5, 5.41) is 0. The van der Waals surface area contributed by atoms with Crippen LogP contribution >= 0.6 is 0 Å². The highest BCUT2D eigenvalue weighted by Gasteiger charge is 2.39. The summed E-state index contributed by atoms with van der Waals surface area (Å²) in [6, 6.07) is 0. The molecule has 1 aliphatic carbocycles. The summed E-state index contributed by atoms with van der Waals surface area (Å²) < 4.78 is 0. The Hall–Kier alpha value is -0.0400. The van der Waals surface area contributed by atoms with Gasteiger partial charge in [-0.1, -0.05) is 34.1 Å². The van der Waals surface area contributed by atoms with E-state index < -0.39 is 0 Å². The van der Waals surface area contributed by atoms with Gasteiger partial charge in [-0.25, -0.2) is 0 Å². The maximum atomic E-state index is 6.49. The van der Waals surface area contributed by atoms with Crippen molar-refractivity contribution < 1.29 is 0 Å². The molecule has 0 heterocycles. The van der Waals surface area contributed by atoms with E-state index in [2.05, 4.69) is 27.7 Å². The van der Waals surface area contributed by atoms with Crippen molar-refractivity contribution in [3.63, 3.8) is 0 Å². The lowest BCUT2D eigenvalue weighted by Gasteiger charge is -2.45. The molecule has 1 heteroatoms. The van der Waals surface area contributed by atoms with Crippen molar-refractivity contribution in [3.8, 4) is 0 Å². The summed E-state index contributed by atoms with van der Waals surface area (Å²) in [6.45, 7) is 9.22. The summed E-state index contributed by atoms with van der Waals surface area (Å²) in [6.07, 6.45) is 5.08. The molecule has 3 unspecified atom stereocenters. The standard InChI is InChI=1S/C12H25N/c1-5-12(13)8-10(4)6-7-11(12)9(2)3/h9-11H,5-8,13H2,1-4H3. The second-order valence-corrected chi connectivity index (χ2v) is 5.32. The number of rotatable bonds is 2. The average molecular weight is 183 g/mol. The minimum atomic E-state index is 0.131. The first-order valence-corrected chi connectivity index (χ1v) is 5.78. The lowest BCUT2D eigenvalue weighted by atomic mass is 9.64. The molecule has 0 aromatic heterocycles. The second-order valence-electron chi connectivity index (χ2n) is 5.32. The van der Waals surface area contributed by atoms with Crippen LogP contribution in [0.2, 0.25) is 0 Å². The Balaban J connectivity index is 2.72. The summed E-state index contributed by atoms with van der Waals surface area (Å²) in [5.74, 6) is 2.33. The molecular formula is C12H25N. The third kappa shape index (κ3) is 2.25. The van der Waals surface area contributed by atoms with Gasteiger partial charge in [0.2, 0.25) is 0 Å². The zero-order valence-electron chi connectivity index (χ0n) is 9.64. The smallest absolute Gasteiger partial charge is 0.0185 e. The van der Waals surface area contributed by atoms with E-state index in [1.807, 2.05) is 0 Å².